The average molecular weight is 213 g/mol. The minimum Gasteiger partial charge on any atom is -0.313 e. The van der Waals surface area contributed by atoms with Gasteiger partial charge in [0.15, 0.2) is 5.78 Å². The first kappa shape index (κ1) is 11.2. The standard InChI is InChI=1S/C10H12FNOS/c1-12-6-9(13)8-5-7(11)3-4-10(8)14-2/h3-5,12H,6H2,1-2H3. The lowest BCUT2D eigenvalue weighted by Gasteiger charge is -2.05. The number of halogens is 1. The molecule has 0 fully saturated rings. The summed E-state index contributed by atoms with van der Waals surface area (Å²) in [4.78, 5) is 12.3. The molecule has 0 heterocycles. The number of nitrogens with one attached hydrogen (secondary N) is 1. The summed E-state index contributed by atoms with van der Waals surface area (Å²) in [5.74, 6) is -0.460. The van der Waals surface area contributed by atoms with Crippen molar-refractivity contribution in [3.63, 3.8) is 0 Å². The van der Waals surface area contributed by atoms with Crippen molar-refractivity contribution in [1.29, 1.82) is 0 Å². The van der Waals surface area contributed by atoms with E-state index in [1.165, 1.54) is 23.9 Å². The van der Waals surface area contributed by atoms with Gasteiger partial charge in [0.1, 0.15) is 5.82 Å². The number of hydrogen-bond acceptors (Lipinski definition) is 3. The smallest absolute Gasteiger partial charge is 0.177 e. The van der Waals surface area contributed by atoms with Gasteiger partial charge in [-0.25, -0.2) is 4.39 Å². The van der Waals surface area contributed by atoms with Crippen LogP contribution in [-0.2, 0) is 0 Å². The molecular weight excluding hydrogens is 201 g/mol. The van der Waals surface area contributed by atoms with Crippen LogP contribution in [0.1, 0.15) is 10.4 Å². The Morgan fingerprint density at radius 3 is 2.86 bits per heavy atom. The SMILES string of the molecule is CNCC(=O)c1cc(F)ccc1SC. The quantitative estimate of drug-likeness (QED) is 0.612. The van der Waals surface area contributed by atoms with Gasteiger partial charge < -0.3 is 5.32 Å². The Morgan fingerprint density at radius 1 is 1.57 bits per heavy atom. The summed E-state index contributed by atoms with van der Waals surface area (Å²) >= 11 is 1.44. The highest BCUT2D eigenvalue weighted by molar-refractivity contribution is 7.98. The first-order valence-electron chi connectivity index (χ1n) is 4.20. The number of carbonyl (C=O) groups excluding carboxylic acids is 1. The van der Waals surface area contributed by atoms with E-state index < -0.39 is 0 Å². The summed E-state index contributed by atoms with van der Waals surface area (Å²) in [6, 6.07) is 4.27. The molecule has 0 bridgehead atoms. The van der Waals surface area contributed by atoms with Crippen LogP contribution in [0.25, 0.3) is 0 Å². The molecule has 76 valence electrons. The fourth-order valence-electron chi connectivity index (χ4n) is 1.15. The van der Waals surface area contributed by atoms with Gasteiger partial charge in [-0.05, 0) is 31.5 Å². The molecule has 0 aromatic heterocycles. The van der Waals surface area contributed by atoms with E-state index in [-0.39, 0.29) is 18.1 Å². The van der Waals surface area contributed by atoms with E-state index >= 15 is 0 Å². The molecule has 2 nitrogen and oxygen atoms in total. The number of rotatable bonds is 4. The number of thioether (sulfide) groups is 1. The second-order valence-electron chi connectivity index (χ2n) is 2.80. The summed E-state index contributed by atoms with van der Waals surface area (Å²) in [5.41, 5.74) is 0.451. The predicted molar refractivity (Wildman–Crippen MR) is 56.4 cm³/mol. The fourth-order valence-corrected chi connectivity index (χ4v) is 1.75. The highest BCUT2D eigenvalue weighted by atomic mass is 32.2. The largest absolute Gasteiger partial charge is 0.313 e. The zero-order chi connectivity index (χ0) is 10.6. The zero-order valence-corrected chi connectivity index (χ0v) is 8.95. The number of benzene rings is 1. The molecule has 0 radical (unpaired) electrons. The lowest BCUT2D eigenvalue weighted by atomic mass is 10.1. The van der Waals surface area contributed by atoms with Crippen LogP contribution in [0.5, 0.6) is 0 Å². The predicted octanol–water partition coefficient (Wildman–Crippen LogP) is 1.95. The van der Waals surface area contributed by atoms with E-state index in [0.29, 0.717) is 5.56 Å². The van der Waals surface area contributed by atoms with Gasteiger partial charge in [0.25, 0.3) is 0 Å². The van der Waals surface area contributed by atoms with Crippen LogP contribution >= 0.6 is 11.8 Å². The Bertz CT molecular complexity index is 341. The second kappa shape index (κ2) is 5.12. The minimum absolute atomic E-state index is 0.0867. The molecule has 14 heavy (non-hydrogen) atoms. The normalized spacial score (nSPS) is 10.2. The molecule has 4 heteroatoms. The maximum Gasteiger partial charge on any atom is 0.177 e. The van der Waals surface area contributed by atoms with Crippen molar-refractivity contribution in [2.24, 2.45) is 0 Å². The molecule has 1 rings (SSSR count). The molecule has 0 aliphatic heterocycles. The maximum atomic E-state index is 12.9. The van der Waals surface area contributed by atoms with E-state index in [0.717, 1.165) is 4.90 Å². The Kier molecular flexibility index (Phi) is 4.10. The van der Waals surface area contributed by atoms with Gasteiger partial charge in [-0.1, -0.05) is 0 Å². The Morgan fingerprint density at radius 2 is 2.29 bits per heavy atom. The van der Waals surface area contributed by atoms with Gasteiger partial charge in [0.05, 0.1) is 6.54 Å². The van der Waals surface area contributed by atoms with Crippen molar-refractivity contribution in [2.45, 2.75) is 4.90 Å². The number of hydrogen-bond donors (Lipinski definition) is 1. The third kappa shape index (κ3) is 2.56. The molecule has 0 amide bonds. The summed E-state index contributed by atoms with van der Waals surface area (Å²) < 4.78 is 12.9. The summed E-state index contributed by atoms with van der Waals surface area (Å²) in [7, 11) is 1.69. The monoisotopic (exact) mass is 213 g/mol. The van der Waals surface area contributed by atoms with Gasteiger partial charge >= 0.3 is 0 Å². The van der Waals surface area contributed by atoms with Crippen LogP contribution < -0.4 is 5.32 Å². The van der Waals surface area contributed by atoms with Crippen molar-refractivity contribution < 1.29 is 9.18 Å². The van der Waals surface area contributed by atoms with Gasteiger partial charge in [0, 0.05) is 10.5 Å². The molecule has 0 atom stereocenters. The molecular formula is C10H12FNOS. The zero-order valence-electron chi connectivity index (χ0n) is 8.13. The topological polar surface area (TPSA) is 29.1 Å². The third-order valence-corrected chi connectivity index (χ3v) is 2.60. The van der Waals surface area contributed by atoms with Gasteiger partial charge in [0.2, 0.25) is 0 Å². The number of ketones is 1. The van der Waals surface area contributed by atoms with E-state index in [4.69, 9.17) is 0 Å². The van der Waals surface area contributed by atoms with Crippen LogP contribution in [0.4, 0.5) is 4.39 Å². The Hall–Kier alpha value is -0.870. The summed E-state index contributed by atoms with van der Waals surface area (Å²) in [6.45, 7) is 0.233. The van der Waals surface area contributed by atoms with Crippen LogP contribution in [0.2, 0.25) is 0 Å². The molecule has 0 spiro atoms. The van der Waals surface area contributed by atoms with E-state index in [2.05, 4.69) is 5.32 Å². The Labute approximate surface area is 86.9 Å². The summed E-state index contributed by atoms with van der Waals surface area (Å²) in [6.07, 6.45) is 1.86. The van der Waals surface area contributed by atoms with Crippen molar-refractivity contribution >= 4 is 17.5 Å². The summed E-state index contributed by atoms with van der Waals surface area (Å²) in [5, 5.41) is 2.76. The van der Waals surface area contributed by atoms with Crippen molar-refractivity contribution in [3.8, 4) is 0 Å². The molecule has 1 aromatic carbocycles. The fraction of sp³-hybridized carbons (Fsp3) is 0.300. The highest BCUT2D eigenvalue weighted by Crippen LogP contribution is 2.21. The van der Waals surface area contributed by atoms with Gasteiger partial charge in [-0.15, -0.1) is 11.8 Å². The second-order valence-corrected chi connectivity index (χ2v) is 3.65. The Balaban J connectivity index is 3.03. The highest BCUT2D eigenvalue weighted by Gasteiger charge is 2.10. The van der Waals surface area contributed by atoms with Crippen LogP contribution in [0.3, 0.4) is 0 Å². The van der Waals surface area contributed by atoms with Gasteiger partial charge in [-0.2, -0.15) is 0 Å². The lowest BCUT2D eigenvalue weighted by Crippen LogP contribution is -2.19. The molecule has 1 N–H and O–H groups in total. The average Bonchev–Trinajstić information content (AvgIpc) is 2.18. The van der Waals surface area contributed by atoms with Crippen molar-refractivity contribution in [1.82, 2.24) is 5.32 Å². The number of likely N-dealkylation sites (N-methyl/N-ethyl adjacent to an activating group) is 1. The molecule has 0 saturated heterocycles. The minimum atomic E-state index is -0.373. The van der Waals surface area contributed by atoms with E-state index in [1.54, 1.807) is 13.1 Å². The van der Waals surface area contributed by atoms with E-state index in [1.807, 2.05) is 6.26 Å². The molecule has 0 saturated carbocycles. The maximum absolute atomic E-state index is 12.9. The van der Waals surface area contributed by atoms with E-state index in [9.17, 15) is 9.18 Å². The number of carbonyl (C=O) groups is 1. The first-order chi connectivity index (χ1) is 6.69. The van der Waals surface area contributed by atoms with Gasteiger partial charge in [-0.3, -0.25) is 4.79 Å². The number of Topliss-reactive ketones (excluding diaryl/α,β-unsaturated/α-hetero) is 1. The lowest BCUT2D eigenvalue weighted by molar-refractivity contribution is 0.0990. The van der Waals surface area contributed by atoms with Crippen LogP contribution in [0.15, 0.2) is 23.1 Å². The van der Waals surface area contributed by atoms with Crippen LogP contribution in [-0.4, -0.2) is 25.6 Å². The van der Waals surface area contributed by atoms with Crippen LogP contribution in [0, 0.1) is 5.82 Å². The molecule has 0 aliphatic rings. The molecule has 0 aliphatic carbocycles. The molecule has 0 unspecified atom stereocenters. The van der Waals surface area contributed by atoms with Crippen molar-refractivity contribution in [2.75, 3.05) is 19.8 Å². The van der Waals surface area contributed by atoms with Crippen molar-refractivity contribution in [3.05, 3.63) is 29.6 Å². The first-order valence-corrected chi connectivity index (χ1v) is 5.43. The third-order valence-electron chi connectivity index (χ3n) is 1.80. The molecule has 1 aromatic rings.